The molecule has 0 aliphatic heterocycles. The number of hydrogen-bond donors (Lipinski definition) is 1. The first-order valence-electron chi connectivity index (χ1n) is 6.73. The molecule has 1 atom stereocenters. The second-order valence-corrected chi connectivity index (χ2v) is 4.62. The predicted octanol–water partition coefficient (Wildman–Crippen LogP) is 4.27. The van der Waals surface area contributed by atoms with Crippen molar-refractivity contribution in [2.24, 2.45) is 0 Å². The van der Waals surface area contributed by atoms with Gasteiger partial charge in [-0.2, -0.15) is 0 Å². The first kappa shape index (κ1) is 12.9. The van der Waals surface area contributed by atoms with Gasteiger partial charge in [-0.15, -0.1) is 0 Å². The molecule has 1 unspecified atom stereocenters. The second-order valence-electron chi connectivity index (χ2n) is 4.62. The summed E-state index contributed by atoms with van der Waals surface area (Å²) in [5.41, 5.74) is 1.07. The summed E-state index contributed by atoms with van der Waals surface area (Å²) in [7, 11) is 0. The highest BCUT2D eigenvalue weighted by atomic mass is 16.3. The SMILES string of the molecule is CCCCC/C=C/C(O)n1ccc2ccccc21. The zero-order valence-electron chi connectivity index (χ0n) is 10.9. The molecule has 0 spiro atoms. The van der Waals surface area contributed by atoms with E-state index in [1.165, 1.54) is 19.3 Å². The van der Waals surface area contributed by atoms with E-state index < -0.39 is 6.23 Å². The van der Waals surface area contributed by atoms with E-state index in [9.17, 15) is 5.11 Å². The maximum atomic E-state index is 10.1. The number of fused-ring (bicyclic) bond motifs is 1. The summed E-state index contributed by atoms with van der Waals surface area (Å²) in [6.45, 7) is 2.20. The standard InChI is InChI=1S/C16H21NO/c1-2-3-4-5-6-11-16(18)17-13-12-14-9-7-8-10-15(14)17/h6-13,16,18H,2-5H2,1H3/b11-6+. The summed E-state index contributed by atoms with van der Waals surface area (Å²) in [5.74, 6) is 0. The molecule has 0 bridgehead atoms. The second kappa shape index (κ2) is 6.41. The van der Waals surface area contributed by atoms with Crippen LogP contribution in [0.5, 0.6) is 0 Å². The average Bonchev–Trinajstić information content (AvgIpc) is 2.82. The summed E-state index contributed by atoms with van der Waals surface area (Å²) in [5, 5.41) is 11.3. The maximum Gasteiger partial charge on any atom is 0.149 e. The van der Waals surface area contributed by atoms with Gasteiger partial charge in [0.05, 0.1) is 5.52 Å². The van der Waals surface area contributed by atoms with Crippen LogP contribution >= 0.6 is 0 Å². The molecule has 0 fully saturated rings. The molecule has 0 aliphatic rings. The van der Waals surface area contributed by atoms with Crippen LogP contribution < -0.4 is 0 Å². The fraction of sp³-hybridized carbons (Fsp3) is 0.375. The fourth-order valence-electron chi connectivity index (χ4n) is 2.16. The van der Waals surface area contributed by atoms with Crippen molar-refractivity contribution in [3.8, 4) is 0 Å². The first-order valence-corrected chi connectivity index (χ1v) is 6.73. The molecule has 0 saturated carbocycles. The van der Waals surface area contributed by atoms with E-state index in [4.69, 9.17) is 0 Å². The minimum atomic E-state index is -0.563. The van der Waals surface area contributed by atoms with Crippen molar-refractivity contribution in [1.82, 2.24) is 4.57 Å². The van der Waals surface area contributed by atoms with Crippen LogP contribution in [-0.2, 0) is 0 Å². The molecular formula is C16H21NO. The quantitative estimate of drug-likeness (QED) is 0.595. The number of rotatable bonds is 6. The van der Waals surface area contributed by atoms with Gasteiger partial charge in [0.25, 0.3) is 0 Å². The Balaban J connectivity index is 2.02. The molecule has 1 N–H and O–H groups in total. The van der Waals surface area contributed by atoms with Crippen LogP contribution in [0.15, 0.2) is 48.7 Å². The maximum absolute atomic E-state index is 10.1. The lowest BCUT2D eigenvalue weighted by atomic mass is 10.2. The van der Waals surface area contributed by atoms with Crippen LogP contribution in [0.1, 0.15) is 38.8 Å². The molecule has 1 aromatic carbocycles. The molecule has 96 valence electrons. The third kappa shape index (κ3) is 3.02. The van der Waals surface area contributed by atoms with Gasteiger partial charge in [-0.05, 0) is 36.4 Å². The van der Waals surface area contributed by atoms with Crippen LogP contribution in [0.25, 0.3) is 10.9 Å². The van der Waals surface area contributed by atoms with Gasteiger partial charge in [0.1, 0.15) is 6.23 Å². The van der Waals surface area contributed by atoms with Crippen LogP contribution in [0.4, 0.5) is 0 Å². The van der Waals surface area contributed by atoms with Crippen LogP contribution in [0.2, 0.25) is 0 Å². The molecule has 1 heterocycles. The van der Waals surface area contributed by atoms with E-state index in [1.54, 1.807) is 0 Å². The number of aliphatic hydroxyl groups is 1. The lowest BCUT2D eigenvalue weighted by molar-refractivity contribution is 0.159. The van der Waals surface area contributed by atoms with Gasteiger partial charge in [0.15, 0.2) is 0 Å². The van der Waals surface area contributed by atoms with Crippen molar-refractivity contribution in [3.05, 3.63) is 48.7 Å². The van der Waals surface area contributed by atoms with Crippen LogP contribution in [-0.4, -0.2) is 9.67 Å². The number of para-hydroxylation sites is 1. The van der Waals surface area contributed by atoms with E-state index >= 15 is 0 Å². The highest BCUT2D eigenvalue weighted by Gasteiger charge is 2.05. The molecule has 1 aromatic heterocycles. The van der Waals surface area contributed by atoms with Crippen molar-refractivity contribution in [3.63, 3.8) is 0 Å². The Labute approximate surface area is 109 Å². The van der Waals surface area contributed by atoms with Crippen molar-refractivity contribution in [1.29, 1.82) is 0 Å². The Morgan fingerprint density at radius 3 is 2.89 bits per heavy atom. The van der Waals surface area contributed by atoms with Gasteiger partial charge in [-0.1, -0.05) is 44.0 Å². The number of aromatic nitrogens is 1. The molecule has 0 radical (unpaired) electrons. The highest BCUT2D eigenvalue weighted by Crippen LogP contribution is 2.19. The number of benzene rings is 1. The molecule has 2 heteroatoms. The summed E-state index contributed by atoms with van der Waals surface area (Å²) in [4.78, 5) is 0. The fourth-order valence-corrected chi connectivity index (χ4v) is 2.16. The average molecular weight is 243 g/mol. The van der Waals surface area contributed by atoms with Crippen LogP contribution in [0.3, 0.4) is 0 Å². The number of nitrogens with zero attached hydrogens (tertiary/aromatic N) is 1. The molecule has 18 heavy (non-hydrogen) atoms. The van der Waals surface area contributed by atoms with E-state index in [1.807, 2.05) is 41.1 Å². The van der Waals surface area contributed by atoms with E-state index in [0.717, 1.165) is 17.3 Å². The van der Waals surface area contributed by atoms with Gasteiger partial charge in [0, 0.05) is 6.20 Å². The van der Waals surface area contributed by atoms with E-state index in [2.05, 4.69) is 19.1 Å². The summed E-state index contributed by atoms with van der Waals surface area (Å²) < 4.78 is 1.89. The van der Waals surface area contributed by atoms with Crippen molar-refractivity contribution >= 4 is 10.9 Å². The van der Waals surface area contributed by atoms with Crippen LogP contribution in [0, 0.1) is 0 Å². The normalized spacial score (nSPS) is 13.4. The first-order chi connectivity index (χ1) is 8.83. The Hall–Kier alpha value is -1.54. The highest BCUT2D eigenvalue weighted by molar-refractivity contribution is 5.80. The lowest BCUT2D eigenvalue weighted by Crippen LogP contribution is -2.03. The molecular weight excluding hydrogens is 222 g/mol. The Morgan fingerprint density at radius 1 is 1.22 bits per heavy atom. The lowest BCUT2D eigenvalue weighted by Gasteiger charge is -2.09. The summed E-state index contributed by atoms with van der Waals surface area (Å²) in [6, 6.07) is 10.1. The monoisotopic (exact) mass is 243 g/mol. The van der Waals surface area contributed by atoms with Crippen molar-refractivity contribution in [2.75, 3.05) is 0 Å². The third-order valence-corrected chi connectivity index (χ3v) is 3.20. The smallest absolute Gasteiger partial charge is 0.149 e. The number of allylic oxidation sites excluding steroid dienone is 1. The molecule has 2 aromatic rings. The zero-order chi connectivity index (χ0) is 12.8. The molecule has 2 rings (SSSR count). The Kier molecular flexibility index (Phi) is 4.59. The van der Waals surface area contributed by atoms with Gasteiger partial charge in [0.2, 0.25) is 0 Å². The largest absolute Gasteiger partial charge is 0.370 e. The van der Waals surface area contributed by atoms with Gasteiger partial charge < -0.3 is 9.67 Å². The third-order valence-electron chi connectivity index (χ3n) is 3.20. The topological polar surface area (TPSA) is 25.2 Å². The molecule has 0 amide bonds. The van der Waals surface area contributed by atoms with Crippen molar-refractivity contribution < 1.29 is 5.11 Å². The molecule has 0 saturated heterocycles. The Morgan fingerprint density at radius 2 is 2.06 bits per heavy atom. The van der Waals surface area contributed by atoms with Gasteiger partial charge in [-0.3, -0.25) is 0 Å². The van der Waals surface area contributed by atoms with E-state index in [0.29, 0.717) is 0 Å². The molecule has 2 nitrogen and oxygen atoms in total. The predicted molar refractivity (Wildman–Crippen MR) is 76.5 cm³/mol. The van der Waals surface area contributed by atoms with Gasteiger partial charge >= 0.3 is 0 Å². The molecule has 0 aliphatic carbocycles. The summed E-state index contributed by atoms with van der Waals surface area (Å²) in [6.07, 6.45) is 10.1. The minimum Gasteiger partial charge on any atom is -0.370 e. The zero-order valence-corrected chi connectivity index (χ0v) is 10.9. The summed E-state index contributed by atoms with van der Waals surface area (Å²) >= 11 is 0. The number of hydrogen-bond acceptors (Lipinski definition) is 1. The number of aliphatic hydroxyl groups excluding tert-OH is 1. The minimum absolute atomic E-state index is 0.563. The van der Waals surface area contributed by atoms with Gasteiger partial charge in [-0.25, -0.2) is 0 Å². The Bertz CT molecular complexity index is 513. The van der Waals surface area contributed by atoms with E-state index in [-0.39, 0.29) is 0 Å². The number of unbranched alkanes of at least 4 members (excludes halogenated alkanes) is 3. The van der Waals surface area contributed by atoms with Crippen molar-refractivity contribution in [2.45, 2.75) is 38.8 Å².